The number of hydrogen-bond donors (Lipinski definition) is 2. The maximum atomic E-state index is 13.8. The lowest BCUT2D eigenvalue weighted by atomic mass is 9.92. The van der Waals surface area contributed by atoms with Gasteiger partial charge in [-0.25, -0.2) is 0 Å². The number of benzene rings is 1. The molecule has 4 rings (SSSR count). The Bertz CT molecular complexity index is 973. The average Bonchev–Trinajstić information content (AvgIpc) is 3.22. The normalized spacial score (nSPS) is 30.6. The van der Waals surface area contributed by atoms with Gasteiger partial charge in [-0.3, -0.25) is 24.1 Å². The number of carbonyl (C=O) groups is 4. The third kappa shape index (κ3) is 3.52. The van der Waals surface area contributed by atoms with Gasteiger partial charge in [0.05, 0.1) is 5.92 Å². The summed E-state index contributed by atoms with van der Waals surface area (Å²) in [4.78, 5) is 51.9. The molecule has 0 aliphatic carbocycles. The van der Waals surface area contributed by atoms with Crippen molar-refractivity contribution in [2.45, 2.75) is 55.1 Å². The van der Waals surface area contributed by atoms with Crippen LogP contribution in [-0.2, 0) is 19.2 Å². The molecule has 2 saturated heterocycles. The number of amides is 2. The van der Waals surface area contributed by atoms with Crippen molar-refractivity contribution in [3.63, 3.8) is 0 Å². The number of aliphatic hydroxyl groups is 1. The minimum atomic E-state index is -1.51. The van der Waals surface area contributed by atoms with Crippen molar-refractivity contribution in [1.29, 1.82) is 0 Å². The number of likely N-dealkylation sites (N-methyl/N-ethyl adjacent to an activating group) is 1. The largest absolute Gasteiger partial charge is 0.388 e. The van der Waals surface area contributed by atoms with Crippen LogP contribution in [-0.4, -0.2) is 79.4 Å². The van der Waals surface area contributed by atoms with Crippen molar-refractivity contribution in [3.05, 3.63) is 29.8 Å². The number of thioether (sulfide) groups is 2. The van der Waals surface area contributed by atoms with Crippen molar-refractivity contribution in [3.8, 4) is 0 Å². The summed E-state index contributed by atoms with van der Waals surface area (Å²) in [6, 6.07) is 7.55. The van der Waals surface area contributed by atoms with Gasteiger partial charge in [0.2, 0.25) is 0 Å². The fourth-order valence-corrected chi connectivity index (χ4v) is 7.57. The Hall–Kier alpha value is -2.04. The van der Waals surface area contributed by atoms with E-state index in [1.807, 2.05) is 24.3 Å². The number of piperazine rings is 1. The molecule has 0 saturated carbocycles. The van der Waals surface area contributed by atoms with Crippen LogP contribution in [0.2, 0.25) is 0 Å². The minimum absolute atomic E-state index is 0.0165. The zero-order valence-electron chi connectivity index (χ0n) is 18.2. The summed E-state index contributed by atoms with van der Waals surface area (Å²) in [5, 5.41) is 14.1. The first kappa shape index (κ1) is 23.1. The number of anilines is 1. The second-order valence-corrected chi connectivity index (χ2v) is 11.0. The monoisotopic (exact) mass is 477 g/mol. The molecule has 0 aromatic heterocycles. The molecule has 0 radical (unpaired) electrons. The Morgan fingerprint density at radius 3 is 2.47 bits per heavy atom. The quantitative estimate of drug-likeness (QED) is 0.582. The molecule has 1 aromatic rings. The maximum Gasteiger partial charge on any atom is 0.263 e. The van der Waals surface area contributed by atoms with Gasteiger partial charge in [0, 0.05) is 37.1 Å². The molecule has 8 nitrogen and oxygen atoms in total. The molecule has 3 aliphatic heterocycles. The summed E-state index contributed by atoms with van der Waals surface area (Å²) in [5.41, 5.74) is 1.71. The number of hydrogen-bond acceptors (Lipinski definition) is 8. The Morgan fingerprint density at radius 2 is 1.78 bits per heavy atom. The molecule has 172 valence electrons. The topological polar surface area (TPSA) is 107 Å². The Labute approximate surface area is 195 Å². The number of rotatable bonds is 8. The molecule has 2 fully saturated rings. The lowest BCUT2D eigenvalue weighted by Crippen LogP contribution is -2.71. The second-order valence-electron chi connectivity index (χ2n) is 8.44. The van der Waals surface area contributed by atoms with Crippen LogP contribution in [0.25, 0.3) is 0 Å². The third-order valence-electron chi connectivity index (χ3n) is 6.27. The molecular weight excluding hydrogens is 450 g/mol. The fraction of sp³-hybridized carbons (Fsp3) is 0.545. The van der Waals surface area contributed by atoms with Gasteiger partial charge in [0.25, 0.3) is 11.8 Å². The van der Waals surface area contributed by atoms with Crippen molar-refractivity contribution in [1.82, 2.24) is 9.80 Å². The van der Waals surface area contributed by atoms with E-state index in [0.29, 0.717) is 17.9 Å². The van der Waals surface area contributed by atoms with E-state index in [4.69, 9.17) is 0 Å². The summed E-state index contributed by atoms with van der Waals surface area (Å²) >= 11 is 2.43. The summed E-state index contributed by atoms with van der Waals surface area (Å²) in [7, 11) is 1.57. The number of para-hydroxylation sites is 1. The van der Waals surface area contributed by atoms with Crippen LogP contribution < -0.4 is 5.32 Å². The molecule has 32 heavy (non-hydrogen) atoms. The van der Waals surface area contributed by atoms with E-state index in [1.165, 1.54) is 47.2 Å². The van der Waals surface area contributed by atoms with Gasteiger partial charge in [-0.1, -0.05) is 18.2 Å². The van der Waals surface area contributed by atoms with Crippen LogP contribution in [0.15, 0.2) is 24.3 Å². The van der Waals surface area contributed by atoms with E-state index in [-0.39, 0.29) is 29.8 Å². The molecule has 5 atom stereocenters. The van der Waals surface area contributed by atoms with Gasteiger partial charge in [0.15, 0.2) is 10.2 Å². The van der Waals surface area contributed by atoms with Gasteiger partial charge in [-0.2, -0.15) is 0 Å². The standard InChI is InChI=1S/C22H27N3O5S2/c1-12(26)8-10-31-20-19(29)25-18-16(14-6-4-5-7-15(14)23-18)17(28)22(25,21(30)24(20)3)32-11-9-13(2)27/h4-7,16-18,20,23,28H,8-11H2,1-3H3/t16?,17-,18+,20-,22-/m0/s1. The summed E-state index contributed by atoms with van der Waals surface area (Å²) in [5.74, 6) is -0.343. The van der Waals surface area contributed by atoms with Gasteiger partial charge in [-0.15, -0.1) is 23.5 Å². The molecule has 1 unspecified atom stereocenters. The number of Topliss-reactive ketones (excluding diaryl/α,β-unsaturated/α-hetero) is 2. The van der Waals surface area contributed by atoms with Crippen LogP contribution in [0.4, 0.5) is 5.69 Å². The summed E-state index contributed by atoms with van der Waals surface area (Å²) < 4.78 is 0. The SMILES string of the molecule is CC(=O)CCS[C@H]1C(=O)N2[C@H]3Nc4ccccc4C3[C@H](O)[C@]2(SCCC(C)=O)C(=O)N1C. The lowest BCUT2D eigenvalue weighted by molar-refractivity contribution is -0.160. The number of fused-ring (bicyclic) bond motifs is 5. The van der Waals surface area contributed by atoms with E-state index in [9.17, 15) is 24.3 Å². The number of aliphatic hydroxyl groups excluding tert-OH is 1. The Morgan fingerprint density at radius 1 is 1.12 bits per heavy atom. The predicted molar refractivity (Wildman–Crippen MR) is 124 cm³/mol. The molecule has 3 aliphatic rings. The highest BCUT2D eigenvalue weighted by Crippen LogP contribution is 2.57. The van der Waals surface area contributed by atoms with E-state index < -0.39 is 28.4 Å². The molecular formula is C22H27N3O5S2. The van der Waals surface area contributed by atoms with Crippen molar-refractivity contribution in [2.24, 2.45) is 0 Å². The van der Waals surface area contributed by atoms with Crippen molar-refractivity contribution < 1.29 is 24.3 Å². The highest BCUT2D eigenvalue weighted by molar-refractivity contribution is 8.01. The molecule has 3 heterocycles. The zero-order chi connectivity index (χ0) is 23.2. The number of nitrogens with one attached hydrogen (secondary N) is 1. The van der Waals surface area contributed by atoms with Crippen LogP contribution in [0.3, 0.4) is 0 Å². The third-order valence-corrected chi connectivity index (χ3v) is 9.01. The number of carbonyl (C=O) groups excluding carboxylic acids is 4. The first-order chi connectivity index (χ1) is 15.2. The van der Waals surface area contributed by atoms with Crippen LogP contribution in [0.1, 0.15) is 38.2 Å². The van der Waals surface area contributed by atoms with Crippen LogP contribution >= 0.6 is 23.5 Å². The second kappa shape index (κ2) is 8.72. The zero-order valence-corrected chi connectivity index (χ0v) is 19.9. The number of ketones is 2. The first-order valence-electron chi connectivity index (χ1n) is 10.6. The first-order valence-corrected chi connectivity index (χ1v) is 12.6. The molecule has 10 heteroatoms. The van der Waals surface area contributed by atoms with E-state index >= 15 is 0 Å². The van der Waals surface area contributed by atoms with Crippen molar-refractivity contribution in [2.75, 3.05) is 23.9 Å². The Kier molecular flexibility index (Phi) is 6.30. The Balaban J connectivity index is 1.72. The van der Waals surface area contributed by atoms with Gasteiger partial charge >= 0.3 is 0 Å². The maximum absolute atomic E-state index is 13.8. The fourth-order valence-electron chi connectivity index (χ4n) is 4.74. The molecule has 2 N–H and O–H groups in total. The molecule has 1 aromatic carbocycles. The lowest BCUT2D eigenvalue weighted by Gasteiger charge is -2.49. The summed E-state index contributed by atoms with van der Waals surface area (Å²) in [6.07, 6.45) is -1.14. The van der Waals surface area contributed by atoms with E-state index in [1.54, 1.807) is 7.05 Å². The summed E-state index contributed by atoms with van der Waals surface area (Å²) in [6.45, 7) is 2.98. The number of nitrogens with zero attached hydrogens (tertiary/aromatic N) is 2. The van der Waals surface area contributed by atoms with Crippen LogP contribution in [0, 0.1) is 0 Å². The van der Waals surface area contributed by atoms with Gasteiger partial charge < -0.3 is 15.3 Å². The van der Waals surface area contributed by atoms with E-state index in [0.717, 1.165) is 11.3 Å². The average molecular weight is 478 g/mol. The smallest absolute Gasteiger partial charge is 0.263 e. The van der Waals surface area contributed by atoms with E-state index in [2.05, 4.69) is 5.32 Å². The highest BCUT2D eigenvalue weighted by Gasteiger charge is 2.71. The predicted octanol–water partition coefficient (Wildman–Crippen LogP) is 1.64. The minimum Gasteiger partial charge on any atom is -0.388 e. The molecule has 0 spiro atoms. The van der Waals surface area contributed by atoms with Gasteiger partial charge in [-0.05, 0) is 25.5 Å². The van der Waals surface area contributed by atoms with Crippen LogP contribution in [0.5, 0.6) is 0 Å². The highest BCUT2D eigenvalue weighted by atomic mass is 32.2. The van der Waals surface area contributed by atoms with Gasteiger partial charge in [0.1, 0.15) is 23.8 Å². The molecule has 2 amide bonds. The van der Waals surface area contributed by atoms with Crippen molar-refractivity contribution >= 4 is 52.6 Å². The molecule has 0 bridgehead atoms.